The van der Waals surface area contributed by atoms with Crippen molar-refractivity contribution in [3.63, 3.8) is 0 Å². The van der Waals surface area contributed by atoms with Gasteiger partial charge in [0.15, 0.2) is 0 Å². The fraction of sp³-hybridized carbons (Fsp3) is 0.316. The van der Waals surface area contributed by atoms with Gasteiger partial charge >= 0.3 is 0 Å². The Morgan fingerprint density at radius 3 is 2.83 bits per heavy atom. The minimum Gasteiger partial charge on any atom is -0.342 e. The van der Waals surface area contributed by atoms with Gasteiger partial charge < -0.3 is 4.90 Å². The maximum atomic E-state index is 12.6. The van der Waals surface area contributed by atoms with Gasteiger partial charge in [-0.3, -0.25) is 9.78 Å². The van der Waals surface area contributed by atoms with Crippen LogP contribution in [0.3, 0.4) is 0 Å². The first-order valence-electron chi connectivity index (χ1n) is 8.30. The molecule has 0 saturated carbocycles. The number of nitrogens with zero attached hydrogens (tertiary/aromatic N) is 3. The van der Waals surface area contributed by atoms with Gasteiger partial charge in [-0.05, 0) is 30.5 Å². The van der Waals surface area contributed by atoms with Gasteiger partial charge in [0.1, 0.15) is 0 Å². The molecule has 0 aliphatic carbocycles. The summed E-state index contributed by atoms with van der Waals surface area (Å²) >= 11 is 1.72. The van der Waals surface area contributed by atoms with Crippen LogP contribution in [0.25, 0.3) is 10.9 Å². The third-order valence-corrected chi connectivity index (χ3v) is 5.59. The summed E-state index contributed by atoms with van der Waals surface area (Å²) in [5.41, 5.74) is 1.96. The van der Waals surface area contributed by atoms with Crippen LogP contribution >= 0.6 is 11.3 Å². The Hall–Kier alpha value is -2.27. The monoisotopic (exact) mass is 337 g/mol. The molecule has 122 valence electrons. The van der Waals surface area contributed by atoms with E-state index in [1.54, 1.807) is 11.3 Å². The fourth-order valence-electron chi connectivity index (χ4n) is 3.31. The lowest BCUT2D eigenvalue weighted by molar-refractivity contribution is -0.131. The number of hydrogen-bond donors (Lipinski definition) is 0. The first kappa shape index (κ1) is 15.3. The second-order valence-corrected chi connectivity index (χ2v) is 7.16. The predicted octanol–water partition coefficient (Wildman–Crippen LogP) is 3.64. The highest BCUT2D eigenvalue weighted by atomic mass is 32.1. The predicted molar refractivity (Wildman–Crippen MR) is 96.1 cm³/mol. The van der Waals surface area contributed by atoms with Gasteiger partial charge in [0, 0.05) is 42.2 Å². The third-order valence-electron chi connectivity index (χ3n) is 4.65. The molecule has 0 spiro atoms. The normalized spacial score (nSPS) is 15.8. The summed E-state index contributed by atoms with van der Waals surface area (Å²) < 4.78 is 0. The van der Waals surface area contributed by atoms with E-state index in [1.165, 1.54) is 5.01 Å². The Balaban J connectivity index is 1.39. The standard InChI is InChI=1S/C19H19N3OS/c23-18(12-14-11-16-3-1-2-4-17(16)21-13-14)22-8-5-15(6-9-22)19-20-7-10-24-19/h1-4,7,10-11,13,15H,5-6,8-9,12H2. The van der Waals surface area contributed by atoms with Crippen molar-refractivity contribution in [1.82, 2.24) is 14.9 Å². The molecule has 2 aromatic heterocycles. The number of amides is 1. The number of likely N-dealkylation sites (tertiary alicyclic amines) is 1. The summed E-state index contributed by atoms with van der Waals surface area (Å²) in [7, 11) is 0. The molecule has 24 heavy (non-hydrogen) atoms. The number of piperidine rings is 1. The lowest BCUT2D eigenvalue weighted by Crippen LogP contribution is -2.38. The number of aromatic nitrogens is 2. The number of rotatable bonds is 3. The second kappa shape index (κ2) is 6.69. The zero-order valence-electron chi connectivity index (χ0n) is 13.4. The molecule has 0 unspecified atom stereocenters. The van der Waals surface area contributed by atoms with E-state index in [0.717, 1.165) is 42.4 Å². The van der Waals surface area contributed by atoms with E-state index in [2.05, 4.69) is 16.0 Å². The van der Waals surface area contributed by atoms with Gasteiger partial charge in [0.2, 0.25) is 5.91 Å². The van der Waals surface area contributed by atoms with Crippen LogP contribution in [0, 0.1) is 0 Å². The van der Waals surface area contributed by atoms with Crippen molar-refractivity contribution in [1.29, 1.82) is 0 Å². The molecule has 0 radical (unpaired) electrons. The molecule has 1 aliphatic heterocycles. The average molecular weight is 337 g/mol. The number of fused-ring (bicyclic) bond motifs is 1. The van der Waals surface area contributed by atoms with E-state index in [0.29, 0.717) is 12.3 Å². The molecule has 3 heterocycles. The van der Waals surface area contributed by atoms with Crippen LogP contribution in [0.4, 0.5) is 0 Å². The largest absolute Gasteiger partial charge is 0.342 e. The van der Waals surface area contributed by atoms with E-state index in [1.807, 2.05) is 46.9 Å². The zero-order chi connectivity index (χ0) is 16.4. The van der Waals surface area contributed by atoms with E-state index in [-0.39, 0.29) is 5.91 Å². The Kier molecular flexibility index (Phi) is 4.26. The number of hydrogen-bond acceptors (Lipinski definition) is 4. The quantitative estimate of drug-likeness (QED) is 0.733. The van der Waals surface area contributed by atoms with Crippen LogP contribution in [0.1, 0.15) is 29.3 Å². The van der Waals surface area contributed by atoms with Crippen LogP contribution in [-0.2, 0) is 11.2 Å². The maximum absolute atomic E-state index is 12.6. The van der Waals surface area contributed by atoms with Crippen molar-refractivity contribution in [2.75, 3.05) is 13.1 Å². The van der Waals surface area contributed by atoms with Gasteiger partial charge in [0.05, 0.1) is 16.9 Å². The summed E-state index contributed by atoms with van der Waals surface area (Å²) in [6.07, 6.45) is 6.14. The highest BCUT2D eigenvalue weighted by molar-refractivity contribution is 7.09. The van der Waals surface area contributed by atoms with Crippen LogP contribution in [0.5, 0.6) is 0 Å². The number of para-hydroxylation sites is 1. The molecule has 1 aliphatic rings. The van der Waals surface area contributed by atoms with Crippen molar-refractivity contribution >= 4 is 28.1 Å². The lowest BCUT2D eigenvalue weighted by atomic mass is 9.97. The molecule has 4 rings (SSSR count). The van der Waals surface area contributed by atoms with Crippen molar-refractivity contribution < 1.29 is 4.79 Å². The van der Waals surface area contributed by atoms with Gasteiger partial charge in [-0.25, -0.2) is 4.98 Å². The van der Waals surface area contributed by atoms with Crippen LogP contribution in [0.2, 0.25) is 0 Å². The van der Waals surface area contributed by atoms with Crippen molar-refractivity contribution in [3.05, 3.63) is 58.7 Å². The molecule has 0 N–H and O–H groups in total. The minimum absolute atomic E-state index is 0.199. The van der Waals surface area contributed by atoms with E-state index in [9.17, 15) is 4.79 Å². The molecule has 5 heteroatoms. The number of benzene rings is 1. The van der Waals surface area contributed by atoms with E-state index in [4.69, 9.17) is 0 Å². The lowest BCUT2D eigenvalue weighted by Gasteiger charge is -2.31. The SMILES string of the molecule is O=C(Cc1cnc2ccccc2c1)N1CCC(c2nccs2)CC1. The first-order valence-corrected chi connectivity index (χ1v) is 9.18. The molecular weight excluding hydrogens is 318 g/mol. The number of carbonyl (C=O) groups is 1. The smallest absolute Gasteiger partial charge is 0.227 e. The molecule has 4 nitrogen and oxygen atoms in total. The summed E-state index contributed by atoms with van der Waals surface area (Å²) in [6, 6.07) is 10.1. The summed E-state index contributed by atoms with van der Waals surface area (Å²) in [6.45, 7) is 1.65. The zero-order valence-corrected chi connectivity index (χ0v) is 14.2. The van der Waals surface area contributed by atoms with E-state index >= 15 is 0 Å². The van der Waals surface area contributed by atoms with Gasteiger partial charge in [-0.15, -0.1) is 11.3 Å². The van der Waals surface area contributed by atoms with Crippen molar-refractivity contribution in [2.24, 2.45) is 0 Å². The van der Waals surface area contributed by atoms with Gasteiger partial charge in [-0.1, -0.05) is 18.2 Å². The number of pyridine rings is 1. The maximum Gasteiger partial charge on any atom is 0.227 e. The van der Waals surface area contributed by atoms with E-state index < -0.39 is 0 Å². The Morgan fingerprint density at radius 1 is 1.21 bits per heavy atom. The van der Waals surface area contributed by atoms with Crippen LogP contribution in [-0.4, -0.2) is 33.9 Å². The van der Waals surface area contributed by atoms with Crippen molar-refractivity contribution in [2.45, 2.75) is 25.2 Å². The number of thiazole rings is 1. The van der Waals surface area contributed by atoms with Gasteiger partial charge in [0.25, 0.3) is 0 Å². The average Bonchev–Trinajstić information content (AvgIpc) is 3.16. The molecule has 1 fully saturated rings. The molecule has 1 aromatic carbocycles. The van der Waals surface area contributed by atoms with Crippen LogP contribution in [0.15, 0.2) is 48.1 Å². The summed E-state index contributed by atoms with van der Waals surface area (Å²) in [4.78, 5) is 23.4. The van der Waals surface area contributed by atoms with Crippen molar-refractivity contribution in [3.8, 4) is 0 Å². The summed E-state index contributed by atoms with van der Waals surface area (Å²) in [5, 5.41) is 4.32. The minimum atomic E-state index is 0.199. The fourth-order valence-corrected chi connectivity index (χ4v) is 4.12. The number of carbonyl (C=O) groups excluding carboxylic acids is 1. The highest BCUT2D eigenvalue weighted by Gasteiger charge is 2.25. The molecule has 1 saturated heterocycles. The van der Waals surface area contributed by atoms with Crippen LogP contribution < -0.4 is 0 Å². The Labute approximate surface area is 145 Å². The summed E-state index contributed by atoms with van der Waals surface area (Å²) in [5.74, 6) is 0.709. The molecule has 0 bridgehead atoms. The molecule has 1 amide bonds. The van der Waals surface area contributed by atoms with Gasteiger partial charge in [-0.2, -0.15) is 0 Å². The molecule has 3 aromatic rings. The first-order chi connectivity index (χ1) is 11.8. The third kappa shape index (κ3) is 3.17. The highest BCUT2D eigenvalue weighted by Crippen LogP contribution is 2.29. The molecule has 0 atom stereocenters. The second-order valence-electron chi connectivity index (χ2n) is 6.24. The Morgan fingerprint density at radius 2 is 2.04 bits per heavy atom. The topological polar surface area (TPSA) is 46.1 Å². The Bertz CT molecular complexity index is 839. The molecular formula is C19H19N3OS.